The van der Waals surface area contributed by atoms with Gasteiger partial charge in [-0.1, -0.05) is 0 Å². The molecule has 1 aromatic rings. The first-order valence-corrected chi connectivity index (χ1v) is 7.88. The number of halogens is 3. The summed E-state index contributed by atoms with van der Waals surface area (Å²) >= 11 is 0. The molecule has 10 nitrogen and oxygen atoms in total. The van der Waals surface area contributed by atoms with Gasteiger partial charge in [-0.05, 0) is 0 Å². The topological polar surface area (TPSA) is 151 Å². The van der Waals surface area contributed by atoms with Gasteiger partial charge in [0.25, 0.3) is 5.56 Å². The zero-order valence-electron chi connectivity index (χ0n) is 11.6. The summed E-state index contributed by atoms with van der Waals surface area (Å²) in [6.45, 7) is -0.744. The maximum Gasteiger partial charge on any atom is 0.469 e. The smallest absolute Gasteiger partial charge is 0.390 e. The second-order valence-corrected chi connectivity index (χ2v) is 6.17. The van der Waals surface area contributed by atoms with Crippen molar-refractivity contribution >= 4 is 7.82 Å². The molecule has 0 spiro atoms. The van der Waals surface area contributed by atoms with Crippen molar-refractivity contribution in [2.24, 2.45) is 0 Å². The van der Waals surface area contributed by atoms with Crippen molar-refractivity contribution in [3.8, 4) is 0 Å². The highest BCUT2D eigenvalue weighted by molar-refractivity contribution is 7.46. The number of nitrogens with zero attached hydrogens (tertiary/aromatic N) is 1. The molecule has 0 unspecified atom stereocenters. The molecule has 3 atom stereocenters. The molecule has 0 amide bonds. The van der Waals surface area contributed by atoms with Crippen LogP contribution in [-0.4, -0.2) is 43.3 Å². The number of aromatic amines is 1. The van der Waals surface area contributed by atoms with Crippen LogP contribution in [-0.2, 0) is 20.0 Å². The molecule has 136 valence electrons. The van der Waals surface area contributed by atoms with Gasteiger partial charge < -0.3 is 19.6 Å². The van der Waals surface area contributed by atoms with Gasteiger partial charge >= 0.3 is 19.7 Å². The lowest BCUT2D eigenvalue weighted by atomic mass is 10.2. The highest BCUT2D eigenvalue weighted by Crippen LogP contribution is 2.38. The van der Waals surface area contributed by atoms with Crippen molar-refractivity contribution in [1.29, 1.82) is 0 Å². The number of aromatic nitrogens is 2. The van der Waals surface area contributed by atoms with E-state index in [-0.39, 0.29) is 12.6 Å². The largest absolute Gasteiger partial charge is 0.469 e. The summed E-state index contributed by atoms with van der Waals surface area (Å²) in [7, 11) is -4.84. The van der Waals surface area contributed by atoms with E-state index in [0.29, 0.717) is 4.57 Å². The lowest BCUT2D eigenvalue weighted by molar-refractivity contribution is -0.139. The molecule has 1 saturated heterocycles. The van der Waals surface area contributed by atoms with Crippen molar-refractivity contribution in [1.82, 2.24) is 9.55 Å². The summed E-state index contributed by atoms with van der Waals surface area (Å²) in [6.07, 6.45) is -9.12. The Kier molecular flexibility index (Phi) is 5.04. The van der Waals surface area contributed by atoms with E-state index >= 15 is 0 Å². The van der Waals surface area contributed by atoms with Crippen molar-refractivity contribution in [2.45, 2.75) is 31.0 Å². The summed E-state index contributed by atoms with van der Waals surface area (Å²) in [5, 5.41) is 9.72. The minimum Gasteiger partial charge on any atom is -0.390 e. The summed E-state index contributed by atoms with van der Waals surface area (Å²) in [4.78, 5) is 41.5. The minimum atomic E-state index is -5.01. The van der Waals surface area contributed by atoms with Crippen LogP contribution in [0.25, 0.3) is 0 Å². The van der Waals surface area contributed by atoms with Crippen LogP contribution in [0.3, 0.4) is 0 Å². The lowest BCUT2D eigenvalue weighted by Crippen LogP contribution is -2.36. The predicted octanol–water partition coefficient (Wildman–Crippen LogP) is -0.687. The molecular weight excluding hydrogens is 364 g/mol. The van der Waals surface area contributed by atoms with Crippen LogP contribution in [0.5, 0.6) is 0 Å². The highest BCUT2D eigenvalue weighted by Gasteiger charge is 2.39. The standard InChI is InChI=1S/C10H12F3N2O8P/c11-10(12,13)4-2-15(9(18)14-8(4)17)7-1-5(16)6(23-7)3-22-24(19,20)21/h2,5-7,16H,1,3H2,(H,14,17,18)(H2,19,20,21)/t5-,6+,7+/m0/s1. The highest BCUT2D eigenvalue weighted by atomic mass is 31.2. The molecule has 2 rings (SSSR count). The molecule has 1 aliphatic heterocycles. The molecule has 0 radical (unpaired) electrons. The van der Waals surface area contributed by atoms with E-state index in [1.165, 1.54) is 4.98 Å². The second-order valence-electron chi connectivity index (χ2n) is 4.93. The number of phosphoric ester groups is 1. The first-order chi connectivity index (χ1) is 10.9. The van der Waals surface area contributed by atoms with E-state index in [4.69, 9.17) is 14.5 Å². The number of phosphoric acid groups is 1. The number of H-pyrrole nitrogens is 1. The van der Waals surface area contributed by atoms with Crippen LogP contribution in [0, 0.1) is 0 Å². The van der Waals surface area contributed by atoms with Crippen LogP contribution < -0.4 is 11.2 Å². The zero-order chi connectivity index (χ0) is 18.3. The van der Waals surface area contributed by atoms with E-state index in [9.17, 15) is 32.4 Å². The Bertz CT molecular complexity index is 769. The molecule has 24 heavy (non-hydrogen) atoms. The van der Waals surface area contributed by atoms with Crippen LogP contribution in [0.1, 0.15) is 18.2 Å². The van der Waals surface area contributed by atoms with E-state index in [0.717, 1.165) is 0 Å². The van der Waals surface area contributed by atoms with Crippen LogP contribution >= 0.6 is 7.82 Å². The average molecular weight is 376 g/mol. The summed E-state index contributed by atoms with van der Waals surface area (Å²) in [5.41, 5.74) is -4.44. The van der Waals surface area contributed by atoms with Crippen molar-refractivity contribution in [3.63, 3.8) is 0 Å². The van der Waals surface area contributed by atoms with Gasteiger partial charge in [-0.25, -0.2) is 9.36 Å². The molecule has 1 aromatic heterocycles. The van der Waals surface area contributed by atoms with Crippen molar-refractivity contribution in [3.05, 3.63) is 32.6 Å². The van der Waals surface area contributed by atoms with Gasteiger partial charge in [0.05, 0.1) is 12.7 Å². The average Bonchev–Trinajstić information content (AvgIpc) is 2.75. The number of rotatable bonds is 4. The number of alkyl halides is 3. The van der Waals surface area contributed by atoms with E-state index in [2.05, 4.69) is 4.52 Å². The van der Waals surface area contributed by atoms with Gasteiger partial charge in [-0.3, -0.25) is 18.9 Å². The maximum absolute atomic E-state index is 12.7. The molecule has 14 heteroatoms. The van der Waals surface area contributed by atoms with Crippen molar-refractivity contribution < 1.29 is 41.9 Å². The molecule has 0 aliphatic carbocycles. The predicted molar refractivity (Wildman–Crippen MR) is 68.9 cm³/mol. The number of aliphatic hydroxyl groups excluding tert-OH is 1. The molecule has 0 saturated carbocycles. The Morgan fingerprint density at radius 1 is 1.42 bits per heavy atom. The normalized spacial score (nSPS) is 25.2. The Hall–Kier alpha value is -1.50. The molecule has 2 heterocycles. The summed E-state index contributed by atoms with van der Waals surface area (Å²) in [6, 6.07) is 0. The Balaban J connectivity index is 2.26. The number of nitrogens with one attached hydrogen (secondary N) is 1. The Morgan fingerprint density at radius 2 is 2.04 bits per heavy atom. The van der Waals surface area contributed by atoms with E-state index in [1.807, 2.05) is 0 Å². The molecule has 0 aromatic carbocycles. The van der Waals surface area contributed by atoms with Crippen LogP contribution in [0.2, 0.25) is 0 Å². The second kappa shape index (κ2) is 6.43. The summed E-state index contributed by atoms with van der Waals surface area (Å²) < 4.78 is 58.5. The fraction of sp³-hybridized carbons (Fsp3) is 0.600. The van der Waals surface area contributed by atoms with Crippen LogP contribution in [0.15, 0.2) is 15.8 Å². The number of ether oxygens (including phenoxy) is 1. The molecule has 0 bridgehead atoms. The first-order valence-electron chi connectivity index (χ1n) is 6.35. The zero-order valence-corrected chi connectivity index (χ0v) is 12.5. The molecular formula is C10H12F3N2O8P. The van der Waals surface area contributed by atoms with Gasteiger partial charge in [-0.15, -0.1) is 0 Å². The SMILES string of the molecule is O=c1[nH]c(=O)n([C@H]2C[C@H](O)[C@@H](COP(=O)(O)O)O2)cc1C(F)(F)F. The number of aliphatic hydroxyl groups is 1. The Labute approximate surface area is 130 Å². The molecule has 1 fully saturated rings. The monoisotopic (exact) mass is 376 g/mol. The van der Waals surface area contributed by atoms with E-state index < -0.39 is 55.9 Å². The molecule has 4 N–H and O–H groups in total. The van der Waals surface area contributed by atoms with Gasteiger partial charge in [0.15, 0.2) is 0 Å². The third-order valence-electron chi connectivity index (χ3n) is 3.19. The summed E-state index contributed by atoms with van der Waals surface area (Å²) in [5.74, 6) is 0. The van der Waals surface area contributed by atoms with E-state index in [1.54, 1.807) is 0 Å². The molecule has 1 aliphatic rings. The first kappa shape index (κ1) is 18.8. The van der Waals surface area contributed by atoms with Gasteiger partial charge in [0.2, 0.25) is 0 Å². The van der Waals surface area contributed by atoms with Gasteiger partial charge in [-0.2, -0.15) is 13.2 Å². The fourth-order valence-electron chi connectivity index (χ4n) is 2.11. The minimum absolute atomic E-state index is 0.255. The van der Waals surface area contributed by atoms with Gasteiger partial charge in [0, 0.05) is 12.6 Å². The fourth-order valence-corrected chi connectivity index (χ4v) is 2.45. The number of hydrogen-bond acceptors (Lipinski definition) is 6. The third-order valence-corrected chi connectivity index (χ3v) is 3.68. The number of hydrogen-bond donors (Lipinski definition) is 4. The quantitative estimate of drug-likeness (QED) is 0.504. The van der Waals surface area contributed by atoms with Crippen LogP contribution in [0.4, 0.5) is 13.2 Å². The maximum atomic E-state index is 12.7. The Morgan fingerprint density at radius 3 is 2.58 bits per heavy atom. The lowest BCUT2D eigenvalue weighted by Gasteiger charge is -2.17. The van der Waals surface area contributed by atoms with Gasteiger partial charge in [0.1, 0.15) is 17.9 Å². The van der Waals surface area contributed by atoms with Crippen molar-refractivity contribution in [2.75, 3.05) is 6.61 Å². The third kappa shape index (κ3) is 4.32.